The van der Waals surface area contributed by atoms with Crippen LogP contribution in [0, 0.1) is 11.3 Å². The van der Waals surface area contributed by atoms with Gasteiger partial charge in [-0.2, -0.15) is 10.4 Å². The number of aryl methyl sites for hydroxylation is 1. The molecule has 0 saturated heterocycles. The van der Waals surface area contributed by atoms with E-state index in [4.69, 9.17) is 16.9 Å². The highest BCUT2D eigenvalue weighted by Gasteiger charge is 2.25. The van der Waals surface area contributed by atoms with E-state index >= 15 is 0 Å². The van der Waals surface area contributed by atoms with Crippen molar-refractivity contribution in [3.05, 3.63) is 16.4 Å². The maximum atomic E-state index is 9.30. The van der Waals surface area contributed by atoms with Gasteiger partial charge < -0.3 is 5.11 Å². The summed E-state index contributed by atoms with van der Waals surface area (Å²) in [5, 5.41) is 22.6. The molecular formula is C11H16ClN3O. The van der Waals surface area contributed by atoms with Crippen molar-refractivity contribution >= 4 is 11.6 Å². The van der Waals surface area contributed by atoms with Crippen LogP contribution in [-0.4, -0.2) is 14.9 Å². The Morgan fingerprint density at radius 3 is 2.50 bits per heavy atom. The van der Waals surface area contributed by atoms with Gasteiger partial charge in [-0.15, -0.1) is 0 Å². The Bertz CT molecular complexity index is 412. The molecule has 0 spiro atoms. The molecule has 0 unspecified atom stereocenters. The van der Waals surface area contributed by atoms with E-state index in [2.05, 4.69) is 5.10 Å². The van der Waals surface area contributed by atoms with Gasteiger partial charge in [0, 0.05) is 11.0 Å². The molecule has 88 valence electrons. The fourth-order valence-corrected chi connectivity index (χ4v) is 1.80. The first-order valence-corrected chi connectivity index (χ1v) is 5.53. The minimum atomic E-state index is -0.167. The van der Waals surface area contributed by atoms with Crippen molar-refractivity contribution in [3.8, 4) is 6.07 Å². The lowest BCUT2D eigenvalue weighted by Gasteiger charge is -2.16. The van der Waals surface area contributed by atoms with Crippen LogP contribution in [0.25, 0.3) is 0 Å². The van der Waals surface area contributed by atoms with E-state index in [0.717, 1.165) is 5.69 Å². The molecule has 4 nitrogen and oxygen atoms in total. The molecule has 1 aromatic rings. The summed E-state index contributed by atoms with van der Waals surface area (Å²) < 4.78 is 1.58. The van der Waals surface area contributed by atoms with Gasteiger partial charge in [-0.1, -0.05) is 32.4 Å². The maximum Gasteiger partial charge on any atom is 0.132 e. The Balaban J connectivity index is 3.16. The summed E-state index contributed by atoms with van der Waals surface area (Å²) >= 11 is 6.10. The van der Waals surface area contributed by atoms with Crippen LogP contribution in [0.2, 0.25) is 5.15 Å². The highest BCUT2D eigenvalue weighted by molar-refractivity contribution is 6.30. The summed E-state index contributed by atoms with van der Waals surface area (Å²) in [6.07, 6.45) is 0.357. The summed E-state index contributed by atoms with van der Waals surface area (Å²) in [6.45, 7) is 6.37. The van der Waals surface area contributed by atoms with Crippen LogP contribution in [0.5, 0.6) is 0 Å². The molecule has 1 heterocycles. The SMILES string of the molecule is CC(C)(C)c1nn(CCC#N)c(Cl)c1CO. The summed E-state index contributed by atoms with van der Waals surface area (Å²) in [5.41, 5.74) is 1.28. The van der Waals surface area contributed by atoms with E-state index in [0.29, 0.717) is 23.7 Å². The quantitative estimate of drug-likeness (QED) is 0.883. The molecule has 0 bridgehead atoms. The van der Waals surface area contributed by atoms with Gasteiger partial charge in [0.05, 0.1) is 31.3 Å². The molecule has 0 saturated carbocycles. The Morgan fingerprint density at radius 1 is 1.50 bits per heavy atom. The fourth-order valence-electron chi connectivity index (χ4n) is 1.53. The van der Waals surface area contributed by atoms with Crippen LogP contribution in [0.15, 0.2) is 0 Å². The molecule has 0 aliphatic carbocycles. The van der Waals surface area contributed by atoms with E-state index in [1.165, 1.54) is 0 Å². The van der Waals surface area contributed by atoms with E-state index < -0.39 is 0 Å². The van der Waals surface area contributed by atoms with Gasteiger partial charge in [0.15, 0.2) is 0 Å². The second kappa shape index (κ2) is 4.86. The van der Waals surface area contributed by atoms with E-state index in [1.54, 1.807) is 4.68 Å². The van der Waals surface area contributed by atoms with Gasteiger partial charge in [0.25, 0.3) is 0 Å². The first-order chi connectivity index (χ1) is 7.41. The Hall–Kier alpha value is -1.05. The van der Waals surface area contributed by atoms with Crippen LogP contribution in [0.4, 0.5) is 0 Å². The van der Waals surface area contributed by atoms with Crippen LogP contribution in [0.1, 0.15) is 38.4 Å². The number of nitriles is 1. The van der Waals surface area contributed by atoms with Crippen LogP contribution < -0.4 is 0 Å². The predicted molar refractivity (Wildman–Crippen MR) is 62.1 cm³/mol. The first kappa shape index (κ1) is 13.0. The average Bonchev–Trinajstić information content (AvgIpc) is 2.51. The van der Waals surface area contributed by atoms with E-state index in [-0.39, 0.29) is 12.0 Å². The minimum Gasteiger partial charge on any atom is -0.391 e. The highest BCUT2D eigenvalue weighted by atomic mass is 35.5. The number of halogens is 1. The molecule has 16 heavy (non-hydrogen) atoms. The third-order valence-corrected chi connectivity index (χ3v) is 2.71. The molecule has 5 heteroatoms. The smallest absolute Gasteiger partial charge is 0.132 e. The minimum absolute atomic E-state index is 0.127. The summed E-state index contributed by atoms with van der Waals surface area (Å²) in [4.78, 5) is 0. The lowest BCUT2D eigenvalue weighted by atomic mass is 9.90. The van der Waals surface area contributed by atoms with Crippen molar-refractivity contribution in [2.45, 2.75) is 45.8 Å². The number of rotatable bonds is 3. The molecule has 0 aliphatic heterocycles. The monoisotopic (exact) mass is 241 g/mol. The zero-order valence-corrected chi connectivity index (χ0v) is 10.5. The van der Waals surface area contributed by atoms with Crippen LogP contribution in [0.3, 0.4) is 0 Å². The molecular weight excluding hydrogens is 226 g/mol. The number of aliphatic hydroxyl groups excluding tert-OH is 1. The first-order valence-electron chi connectivity index (χ1n) is 5.15. The Kier molecular flexibility index (Phi) is 3.95. The fraction of sp³-hybridized carbons (Fsp3) is 0.636. The molecule has 0 fully saturated rings. The summed E-state index contributed by atoms with van der Waals surface area (Å²) in [7, 11) is 0. The zero-order valence-electron chi connectivity index (χ0n) is 9.79. The third-order valence-electron chi connectivity index (χ3n) is 2.29. The number of nitrogens with zero attached hydrogens (tertiary/aromatic N) is 3. The number of aromatic nitrogens is 2. The van der Waals surface area contributed by atoms with Gasteiger partial charge >= 0.3 is 0 Å². The van der Waals surface area contributed by atoms with Crippen molar-refractivity contribution in [1.82, 2.24) is 9.78 Å². The number of hydrogen-bond acceptors (Lipinski definition) is 3. The normalized spacial score (nSPS) is 11.5. The lowest BCUT2D eigenvalue weighted by Crippen LogP contribution is -2.15. The van der Waals surface area contributed by atoms with Crippen molar-refractivity contribution in [2.75, 3.05) is 0 Å². The molecule has 0 aliphatic rings. The second-order valence-electron chi connectivity index (χ2n) is 4.66. The van der Waals surface area contributed by atoms with Crippen LogP contribution >= 0.6 is 11.6 Å². The molecule has 1 rings (SSSR count). The van der Waals surface area contributed by atoms with Crippen molar-refractivity contribution in [1.29, 1.82) is 5.26 Å². The van der Waals surface area contributed by atoms with Crippen LogP contribution in [-0.2, 0) is 18.6 Å². The second-order valence-corrected chi connectivity index (χ2v) is 5.02. The summed E-state index contributed by atoms with van der Waals surface area (Å²) in [6, 6.07) is 2.05. The van der Waals surface area contributed by atoms with Crippen molar-refractivity contribution in [3.63, 3.8) is 0 Å². The number of hydrogen-bond donors (Lipinski definition) is 1. The van der Waals surface area contributed by atoms with Crippen molar-refractivity contribution < 1.29 is 5.11 Å². The van der Waals surface area contributed by atoms with Gasteiger partial charge in [-0.05, 0) is 0 Å². The zero-order chi connectivity index (χ0) is 12.3. The highest BCUT2D eigenvalue weighted by Crippen LogP contribution is 2.29. The van der Waals surface area contributed by atoms with E-state index in [9.17, 15) is 5.11 Å². The predicted octanol–water partition coefficient (Wildman–Crippen LogP) is 2.24. The molecule has 1 N–H and O–H groups in total. The average molecular weight is 242 g/mol. The van der Waals surface area contributed by atoms with Gasteiger partial charge in [-0.3, -0.25) is 4.68 Å². The standard InChI is InChI=1S/C11H16ClN3O/c1-11(2,3)9-8(7-16)10(12)15(14-9)6-4-5-13/h16H,4,6-7H2,1-3H3. The molecule has 1 aromatic heterocycles. The molecule has 0 amide bonds. The molecule has 0 atom stereocenters. The van der Waals surface area contributed by atoms with Crippen molar-refractivity contribution in [2.24, 2.45) is 0 Å². The number of aliphatic hydroxyl groups is 1. The van der Waals surface area contributed by atoms with E-state index in [1.807, 2.05) is 26.8 Å². The Labute approximate surface area is 100 Å². The lowest BCUT2D eigenvalue weighted by molar-refractivity contribution is 0.278. The Morgan fingerprint density at radius 2 is 2.12 bits per heavy atom. The molecule has 0 aromatic carbocycles. The van der Waals surface area contributed by atoms with Gasteiger partial charge in [0.1, 0.15) is 5.15 Å². The summed E-state index contributed by atoms with van der Waals surface area (Å²) in [5.74, 6) is 0. The van der Waals surface area contributed by atoms with Gasteiger partial charge in [-0.25, -0.2) is 0 Å². The largest absolute Gasteiger partial charge is 0.391 e. The third kappa shape index (κ3) is 2.55. The maximum absolute atomic E-state index is 9.30. The topological polar surface area (TPSA) is 61.8 Å². The molecule has 0 radical (unpaired) electrons. The van der Waals surface area contributed by atoms with Gasteiger partial charge in [0.2, 0.25) is 0 Å².